The predicted molar refractivity (Wildman–Crippen MR) is 141 cm³/mol. The lowest BCUT2D eigenvalue weighted by molar-refractivity contribution is 0.0115. The molecule has 1 atom stereocenters. The maximum absolute atomic E-state index is 15.2. The van der Waals surface area contributed by atoms with Crippen LogP contribution in [0.15, 0.2) is 40.9 Å². The first-order valence-corrected chi connectivity index (χ1v) is 14.7. The zero-order chi connectivity index (χ0) is 26.7. The summed E-state index contributed by atoms with van der Waals surface area (Å²) in [6.07, 6.45) is 6.02. The smallest absolute Gasteiger partial charge is 0.232 e. The van der Waals surface area contributed by atoms with Crippen LogP contribution in [-0.2, 0) is 14.8 Å². The van der Waals surface area contributed by atoms with E-state index >= 15 is 4.39 Å². The summed E-state index contributed by atoms with van der Waals surface area (Å²) in [6, 6.07) is 4.20. The Morgan fingerprint density at radius 3 is 2.61 bits per heavy atom. The van der Waals surface area contributed by atoms with Crippen molar-refractivity contribution in [2.75, 3.05) is 66.3 Å². The molecule has 2 saturated heterocycles. The first kappa shape index (κ1) is 26.7. The van der Waals surface area contributed by atoms with Crippen LogP contribution in [0.1, 0.15) is 37.8 Å². The lowest BCUT2D eigenvalue weighted by Gasteiger charge is -2.40. The minimum Gasteiger partial charge on any atom is -0.379 e. The molecule has 4 heterocycles. The topological polar surface area (TPSA) is 103 Å². The first-order valence-electron chi connectivity index (χ1n) is 13.0. The van der Waals surface area contributed by atoms with E-state index < -0.39 is 33.4 Å². The van der Waals surface area contributed by atoms with E-state index in [-0.39, 0.29) is 18.0 Å². The van der Waals surface area contributed by atoms with Crippen molar-refractivity contribution in [3.8, 4) is 0 Å². The molecule has 0 saturated carbocycles. The molecule has 2 aromatic rings. The summed E-state index contributed by atoms with van der Waals surface area (Å²) in [4.78, 5) is 9.23. The van der Waals surface area contributed by atoms with Gasteiger partial charge in [-0.2, -0.15) is 5.11 Å². The fourth-order valence-corrected chi connectivity index (χ4v) is 6.38. The number of anilines is 3. The van der Waals surface area contributed by atoms with Gasteiger partial charge in [0.2, 0.25) is 10.0 Å². The van der Waals surface area contributed by atoms with Gasteiger partial charge in [0, 0.05) is 44.0 Å². The number of sulfonamides is 1. The van der Waals surface area contributed by atoms with E-state index in [0.717, 1.165) is 80.6 Å². The molecule has 3 aliphatic rings. The van der Waals surface area contributed by atoms with Crippen LogP contribution in [0.5, 0.6) is 0 Å². The third-order valence-corrected chi connectivity index (χ3v) is 8.71. The van der Waals surface area contributed by atoms with Crippen LogP contribution in [0.25, 0.3) is 0 Å². The number of pyridine rings is 1. The van der Waals surface area contributed by atoms with Crippen molar-refractivity contribution < 1.29 is 21.9 Å². The molecule has 206 valence electrons. The van der Waals surface area contributed by atoms with Crippen molar-refractivity contribution in [1.29, 1.82) is 0 Å². The number of ether oxygens (including phenoxy) is 1. The van der Waals surface area contributed by atoms with Crippen LogP contribution in [0.2, 0.25) is 0 Å². The number of benzene rings is 1. The summed E-state index contributed by atoms with van der Waals surface area (Å²) in [5.74, 6) is -2.05. The molecule has 13 heteroatoms. The summed E-state index contributed by atoms with van der Waals surface area (Å²) in [7, 11) is -3.75. The molecule has 1 aromatic carbocycles. The summed E-state index contributed by atoms with van der Waals surface area (Å²) >= 11 is 0. The van der Waals surface area contributed by atoms with Gasteiger partial charge in [-0.1, -0.05) is 12.1 Å². The largest absolute Gasteiger partial charge is 0.379 e. The fourth-order valence-electron chi connectivity index (χ4n) is 5.25. The Morgan fingerprint density at radius 2 is 1.87 bits per heavy atom. The third kappa shape index (κ3) is 5.89. The van der Waals surface area contributed by atoms with Crippen molar-refractivity contribution in [3.63, 3.8) is 0 Å². The fraction of sp³-hybridized carbons (Fsp3) is 0.560. The van der Waals surface area contributed by atoms with Gasteiger partial charge in [-0.25, -0.2) is 22.2 Å². The minimum absolute atomic E-state index is 0.100. The first-order chi connectivity index (χ1) is 18.3. The normalized spacial score (nSPS) is 21.3. The molecule has 38 heavy (non-hydrogen) atoms. The highest BCUT2D eigenvalue weighted by Gasteiger charge is 2.30. The molecule has 1 unspecified atom stereocenters. The molecular formula is C25H33F2N7O3S. The molecule has 0 radical (unpaired) electrons. The molecule has 0 amide bonds. The van der Waals surface area contributed by atoms with Crippen molar-refractivity contribution >= 4 is 27.1 Å². The summed E-state index contributed by atoms with van der Waals surface area (Å²) in [5, 5.41) is 9.38. The standard InChI is InChI=1S/C25H33F2N7O3S/c1-2-13-38(35,36)30-22-4-3-21(26)25(24(22)27)34-17-23(29-31-34)18-14-20(16-28-15-18)32-7-5-19(6-8-32)33-9-11-37-12-10-33/h3-4,14-16,19,23,30H,2,5-13,17H2,1H3. The molecule has 0 aliphatic carbocycles. The van der Waals surface area contributed by atoms with Crippen molar-refractivity contribution in [3.05, 3.63) is 47.8 Å². The Morgan fingerprint density at radius 1 is 1.11 bits per heavy atom. The minimum atomic E-state index is -3.75. The number of nitrogens with one attached hydrogen (secondary N) is 1. The number of morpholine rings is 1. The molecule has 0 spiro atoms. The van der Waals surface area contributed by atoms with Crippen LogP contribution in [0.3, 0.4) is 0 Å². The van der Waals surface area contributed by atoms with Gasteiger partial charge in [-0.3, -0.25) is 14.6 Å². The lowest BCUT2D eigenvalue weighted by Crippen LogP contribution is -2.49. The molecule has 2 fully saturated rings. The van der Waals surface area contributed by atoms with E-state index in [4.69, 9.17) is 4.74 Å². The van der Waals surface area contributed by atoms with E-state index in [0.29, 0.717) is 12.5 Å². The van der Waals surface area contributed by atoms with E-state index in [1.54, 1.807) is 13.1 Å². The van der Waals surface area contributed by atoms with Gasteiger partial charge >= 0.3 is 0 Å². The van der Waals surface area contributed by atoms with Crippen LogP contribution in [0.4, 0.5) is 25.8 Å². The Labute approximate surface area is 221 Å². The van der Waals surface area contributed by atoms with Crippen LogP contribution >= 0.6 is 0 Å². The number of halogens is 2. The van der Waals surface area contributed by atoms with Crippen LogP contribution in [-0.4, -0.2) is 76.0 Å². The predicted octanol–water partition coefficient (Wildman–Crippen LogP) is 3.74. The zero-order valence-corrected chi connectivity index (χ0v) is 22.2. The maximum Gasteiger partial charge on any atom is 0.232 e. The molecule has 3 aliphatic heterocycles. The van der Waals surface area contributed by atoms with E-state index in [1.807, 2.05) is 12.3 Å². The number of piperidine rings is 1. The Balaban J connectivity index is 1.25. The summed E-state index contributed by atoms with van der Waals surface area (Å²) in [5.41, 5.74) is 1.02. The number of hydrogen-bond donors (Lipinski definition) is 1. The van der Waals surface area contributed by atoms with Gasteiger partial charge in [0.25, 0.3) is 0 Å². The molecule has 5 rings (SSSR count). The molecule has 0 bridgehead atoms. The number of nitrogens with zero attached hydrogens (tertiary/aromatic N) is 6. The molecule has 1 N–H and O–H groups in total. The monoisotopic (exact) mass is 549 g/mol. The second-order valence-corrected chi connectivity index (χ2v) is 11.7. The Bertz CT molecular complexity index is 1270. The lowest BCUT2D eigenvalue weighted by atomic mass is 10.0. The molecular weight excluding hydrogens is 516 g/mol. The average molecular weight is 550 g/mol. The van der Waals surface area contributed by atoms with E-state index in [9.17, 15) is 12.8 Å². The highest BCUT2D eigenvalue weighted by molar-refractivity contribution is 7.92. The van der Waals surface area contributed by atoms with Crippen molar-refractivity contribution in [2.24, 2.45) is 10.3 Å². The number of rotatable bonds is 8. The Kier molecular flexibility index (Phi) is 8.05. The molecule has 10 nitrogen and oxygen atoms in total. The SMILES string of the molecule is CCCS(=O)(=O)Nc1ccc(F)c(N2CC(c3cncc(N4CCC(N5CCOCC5)CC4)c3)N=N2)c1F. The summed E-state index contributed by atoms with van der Waals surface area (Å²) in [6.45, 7) is 7.21. The molecule has 1 aromatic heterocycles. The van der Waals surface area contributed by atoms with E-state index in [1.165, 1.54) is 0 Å². The Hall–Kier alpha value is -2.90. The van der Waals surface area contributed by atoms with Crippen LogP contribution < -0.4 is 14.6 Å². The number of hydrogen-bond acceptors (Lipinski definition) is 9. The van der Waals surface area contributed by atoms with Gasteiger partial charge < -0.3 is 9.64 Å². The van der Waals surface area contributed by atoms with Gasteiger partial charge in [0.15, 0.2) is 11.6 Å². The third-order valence-electron chi connectivity index (χ3n) is 7.23. The average Bonchev–Trinajstić information content (AvgIpc) is 3.41. The van der Waals surface area contributed by atoms with Gasteiger partial charge in [-0.05, 0) is 37.5 Å². The van der Waals surface area contributed by atoms with E-state index in [2.05, 4.69) is 29.8 Å². The van der Waals surface area contributed by atoms with Crippen LogP contribution in [0, 0.1) is 11.6 Å². The second-order valence-electron chi connectivity index (χ2n) is 9.82. The highest BCUT2D eigenvalue weighted by atomic mass is 32.2. The quantitative estimate of drug-likeness (QED) is 0.535. The van der Waals surface area contributed by atoms with Gasteiger partial charge in [0.1, 0.15) is 11.7 Å². The number of aromatic nitrogens is 1. The van der Waals surface area contributed by atoms with Gasteiger partial charge in [-0.15, -0.1) is 0 Å². The van der Waals surface area contributed by atoms with Crippen molar-refractivity contribution in [1.82, 2.24) is 9.88 Å². The van der Waals surface area contributed by atoms with Crippen molar-refractivity contribution in [2.45, 2.75) is 38.3 Å². The zero-order valence-electron chi connectivity index (χ0n) is 21.4. The van der Waals surface area contributed by atoms with Gasteiger partial charge in [0.05, 0.1) is 43.1 Å². The summed E-state index contributed by atoms with van der Waals surface area (Å²) < 4.78 is 61.8. The second kappa shape index (κ2) is 11.5. The highest BCUT2D eigenvalue weighted by Crippen LogP contribution is 2.36. The maximum atomic E-state index is 15.2.